The van der Waals surface area contributed by atoms with Crippen molar-refractivity contribution in [3.05, 3.63) is 71.2 Å². The van der Waals surface area contributed by atoms with Crippen molar-refractivity contribution in [2.75, 3.05) is 13.1 Å². The van der Waals surface area contributed by atoms with Crippen molar-refractivity contribution in [3.63, 3.8) is 0 Å². The molecule has 0 N–H and O–H groups in total. The van der Waals surface area contributed by atoms with Gasteiger partial charge in [0, 0.05) is 0 Å². The van der Waals surface area contributed by atoms with Gasteiger partial charge in [0.15, 0.2) is 0 Å². The van der Waals surface area contributed by atoms with Crippen LogP contribution in [0.1, 0.15) is 19.4 Å². The van der Waals surface area contributed by atoms with Crippen molar-refractivity contribution in [1.29, 1.82) is 0 Å². The first-order chi connectivity index (χ1) is 11.2. The molecule has 0 unspecified atom stereocenters. The fourth-order valence-electron chi connectivity index (χ4n) is 2.03. The maximum atomic E-state index is 12.3. The second-order valence-corrected chi connectivity index (χ2v) is 8.88. The van der Waals surface area contributed by atoms with E-state index in [2.05, 4.69) is 53.5 Å². The number of carbonyl (C=O) groups excluding carboxylic acids is 1. The van der Waals surface area contributed by atoms with E-state index in [0.717, 1.165) is 13.1 Å². The van der Waals surface area contributed by atoms with Gasteiger partial charge in [-0.1, -0.05) is 0 Å². The van der Waals surface area contributed by atoms with Gasteiger partial charge in [-0.25, -0.2) is 0 Å². The molecule has 0 saturated heterocycles. The third-order valence-electron chi connectivity index (χ3n) is 3.32. The van der Waals surface area contributed by atoms with E-state index >= 15 is 0 Å². The third kappa shape index (κ3) is 5.67. The van der Waals surface area contributed by atoms with Gasteiger partial charge < -0.3 is 0 Å². The van der Waals surface area contributed by atoms with Crippen LogP contribution in [-0.4, -0.2) is 52.7 Å². The van der Waals surface area contributed by atoms with Gasteiger partial charge in [0.05, 0.1) is 0 Å². The number of benzene rings is 2. The molecule has 0 heterocycles. The predicted molar refractivity (Wildman–Crippen MR) is 100 cm³/mol. The van der Waals surface area contributed by atoms with E-state index < -0.39 is 0 Å². The first kappa shape index (κ1) is 18.0. The van der Waals surface area contributed by atoms with Crippen LogP contribution >= 0.6 is 0 Å². The predicted octanol–water partition coefficient (Wildman–Crippen LogP) is 3.18. The summed E-state index contributed by atoms with van der Waals surface area (Å²) in [4.78, 5) is 16.7. The average Bonchev–Trinajstić information content (AvgIpc) is 2.61. The van der Waals surface area contributed by atoms with E-state index in [9.17, 15) is 4.79 Å². The quantitative estimate of drug-likeness (QED) is 0.610. The molecule has 4 heteroatoms. The Morgan fingerprint density at radius 2 is 1.52 bits per heavy atom. The van der Waals surface area contributed by atoms with Crippen LogP contribution in [-0.2, 0) is 0 Å². The summed E-state index contributed by atoms with van der Waals surface area (Å²) in [6, 6.07) is 20.9. The van der Waals surface area contributed by atoms with E-state index in [1.165, 1.54) is 14.5 Å². The van der Waals surface area contributed by atoms with Crippen molar-refractivity contribution >= 4 is 43.7 Å². The molecular weight excluding hydrogens is 416 g/mol. The minimum absolute atomic E-state index is 0.145. The van der Waals surface area contributed by atoms with Gasteiger partial charge in [-0.15, -0.1) is 0 Å². The molecule has 0 atom stereocenters. The molecule has 0 aromatic heterocycles. The van der Waals surface area contributed by atoms with Crippen LogP contribution in [0, 0.1) is 0 Å². The van der Waals surface area contributed by atoms with Crippen LogP contribution in [0.4, 0.5) is 4.79 Å². The average molecular weight is 437 g/mol. The molecule has 1 amide bonds. The second-order valence-electron chi connectivity index (χ2n) is 4.82. The van der Waals surface area contributed by atoms with Crippen LogP contribution in [0.3, 0.4) is 0 Å². The van der Waals surface area contributed by atoms with E-state index in [1.807, 2.05) is 30.9 Å². The molecule has 0 aliphatic heterocycles. The molecule has 0 bridgehead atoms. The van der Waals surface area contributed by atoms with Gasteiger partial charge in [0.1, 0.15) is 0 Å². The third-order valence-corrected chi connectivity index (χ3v) is 8.05. The van der Waals surface area contributed by atoms with Gasteiger partial charge in [-0.05, 0) is 0 Å². The van der Waals surface area contributed by atoms with Crippen LogP contribution in [0.5, 0.6) is 0 Å². The summed E-state index contributed by atoms with van der Waals surface area (Å²) in [5.74, 6) is 0. The van der Waals surface area contributed by atoms with Crippen molar-refractivity contribution in [1.82, 2.24) is 4.90 Å². The molecule has 2 aromatic rings. The molecule has 0 radical (unpaired) electrons. The maximum absolute atomic E-state index is 12.3. The molecule has 0 fully saturated rings. The van der Waals surface area contributed by atoms with Gasteiger partial charge in [0.25, 0.3) is 0 Å². The zero-order chi connectivity index (χ0) is 16.5. The summed E-state index contributed by atoms with van der Waals surface area (Å²) in [6.07, 6.45) is 0. The number of nitrogens with zero attached hydrogens (tertiary/aromatic N) is 1. The zero-order valence-electron chi connectivity index (χ0n) is 13.4. The zero-order valence-corrected chi connectivity index (χ0v) is 16.9. The molecule has 0 saturated carbocycles. The summed E-state index contributed by atoms with van der Waals surface area (Å²) >= 11 is 0.0711. The van der Waals surface area contributed by atoms with Crippen LogP contribution in [0.15, 0.2) is 65.6 Å². The van der Waals surface area contributed by atoms with Crippen LogP contribution < -0.4 is 4.46 Å². The summed E-state index contributed by atoms with van der Waals surface area (Å²) in [7, 11) is 0. The summed E-state index contributed by atoms with van der Waals surface area (Å²) in [6.45, 7) is 5.64. The topological polar surface area (TPSA) is 20.3 Å². The molecule has 0 aliphatic rings. The standard InChI is InChI=1S/C19H21NOSe2/c1-3-20(4-2)19(21)22-15-18(16-11-7-5-8-12-16)23-17-13-9-6-10-14-17/h5-15H,3-4H2,1-2H3/b18-15+. The van der Waals surface area contributed by atoms with Gasteiger partial charge in [0.2, 0.25) is 0 Å². The molecule has 0 aliphatic carbocycles. The Balaban J connectivity index is 2.20. The molecule has 2 aromatic carbocycles. The summed E-state index contributed by atoms with van der Waals surface area (Å²) in [5.41, 5.74) is 1.23. The Labute approximate surface area is 151 Å². The Morgan fingerprint density at radius 1 is 0.957 bits per heavy atom. The van der Waals surface area contributed by atoms with E-state index in [4.69, 9.17) is 0 Å². The fraction of sp³-hybridized carbons (Fsp3) is 0.211. The van der Waals surface area contributed by atoms with Gasteiger partial charge in [-0.2, -0.15) is 0 Å². The second kappa shape index (κ2) is 9.74. The molecule has 120 valence electrons. The number of hydrogen-bond donors (Lipinski definition) is 0. The molecular formula is C19H21NOSe2. The van der Waals surface area contributed by atoms with Crippen molar-refractivity contribution in [3.8, 4) is 0 Å². The van der Waals surface area contributed by atoms with Gasteiger partial charge in [-0.3, -0.25) is 0 Å². The number of carbonyl (C=O) groups is 1. The molecule has 23 heavy (non-hydrogen) atoms. The van der Waals surface area contributed by atoms with Crippen molar-refractivity contribution < 1.29 is 4.79 Å². The van der Waals surface area contributed by atoms with Crippen molar-refractivity contribution in [2.24, 2.45) is 0 Å². The van der Waals surface area contributed by atoms with Crippen LogP contribution in [0.25, 0.3) is 4.47 Å². The SMILES string of the molecule is CCN(CC)C(=O)[Se]/C=C(/[Se]c1ccccc1)c1ccccc1. The summed E-state index contributed by atoms with van der Waals surface area (Å²) in [5, 5.41) is 0. The Hall–Kier alpha value is -1.31. The first-order valence-electron chi connectivity index (χ1n) is 7.68. The first-order valence-corrected chi connectivity index (χ1v) is 11.2. The minimum atomic E-state index is -0.145. The normalized spacial score (nSPS) is 11.3. The monoisotopic (exact) mass is 439 g/mol. The molecule has 2 rings (SSSR count). The number of hydrogen-bond acceptors (Lipinski definition) is 1. The van der Waals surface area contributed by atoms with Crippen molar-refractivity contribution in [2.45, 2.75) is 13.8 Å². The Morgan fingerprint density at radius 3 is 2.09 bits per heavy atom. The number of rotatable bonds is 7. The van der Waals surface area contributed by atoms with E-state index in [1.54, 1.807) is 0 Å². The fourth-order valence-corrected chi connectivity index (χ4v) is 6.44. The van der Waals surface area contributed by atoms with Crippen LogP contribution in [0.2, 0.25) is 0 Å². The Kier molecular flexibility index (Phi) is 7.64. The number of amides is 1. The van der Waals surface area contributed by atoms with E-state index in [0.29, 0.717) is 0 Å². The summed E-state index contributed by atoms with van der Waals surface area (Å²) < 4.78 is 2.63. The van der Waals surface area contributed by atoms with Gasteiger partial charge >= 0.3 is 151 Å². The Bertz CT molecular complexity index is 637. The molecule has 2 nitrogen and oxygen atoms in total. The van der Waals surface area contributed by atoms with E-state index in [-0.39, 0.29) is 34.7 Å². The molecule has 0 spiro atoms.